The molecule has 0 fully saturated rings. The van der Waals surface area contributed by atoms with E-state index in [1.54, 1.807) is 4.72 Å². The second kappa shape index (κ2) is 7.17. The Morgan fingerprint density at radius 2 is 1.90 bits per heavy atom. The summed E-state index contributed by atoms with van der Waals surface area (Å²) in [5.41, 5.74) is 4.23. The number of amides is 3. The van der Waals surface area contributed by atoms with E-state index in [9.17, 15) is 18.9 Å². The van der Waals surface area contributed by atoms with Crippen molar-refractivity contribution in [2.45, 2.75) is 56.9 Å². The van der Waals surface area contributed by atoms with E-state index in [0.717, 1.165) is 60.7 Å². The van der Waals surface area contributed by atoms with Gasteiger partial charge in [-0.1, -0.05) is 17.8 Å². The molecule has 2 aliphatic carbocycles. The maximum Gasteiger partial charge on any atom is 0.417 e. The van der Waals surface area contributed by atoms with Gasteiger partial charge in [0.2, 0.25) is 0 Å². The number of fused-ring (bicyclic) bond motifs is 2. The fraction of sp³-hybridized carbons (Fsp3) is 0.474. The summed E-state index contributed by atoms with van der Waals surface area (Å²) in [6.45, 7) is 3.01. The van der Waals surface area contributed by atoms with Gasteiger partial charge >= 0.3 is 12.1 Å². The zero-order valence-electron chi connectivity index (χ0n) is 16.7. The number of aliphatic hydroxyl groups is 1. The zero-order valence-corrected chi connectivity index (χ0v) is 18.3. The highest BCUT2D eigenvalue weighted by Crippen LogP contribution is 2.43. The summed E-state index contributed by atoms with van der Waals surface area (Å²) in [7, 11) is -3.86. The van der Waals surface area contributed by atoms with Crippen LogP contribution < -0.4 is 10.0 Å². The lowest BCUT2D eigenvalue weighted by Gasteiger charge is -2.33. The van der Waals surface area contributed by atoms with Crippen molar-refractivity contribution < 1.29 is 24.0 Å². The van der Waals surface area contributed by atoms with Crippen molar-refractivity contribution in [1.29, 1.82) is 4.78 Å². The van der Waals surface area contributed by atoms with Gasteiger partial charge in [0.05, 0.1) is 5.60 Å². The van der Waals surface area contributed by atoms with Crippen LogP contribution >= 0.6 is 11.8 Å². The Kier molecular flexibility index (Phi) is 5.02. The summed E-state index contributed by atoms with van der Waals surface area (Å²) in [6.07, 6.45) is 4.41. The van der Waals surface area contributed by atoms with E-state index < -0.39 is 33.0 Å². The molecule has 2 atom stereocenters. The standard InChI is InChI=1S/C19H24N4O5S2/c1-19(2,27)16-23(9-14(29-16)30(20,28)22-18(25)26)17(24)21-15-12-5-3-4-10(12)8-11-6-7-13(11)15/h8-9,16,27H,3-7H2,1-2H3,(H,21,24)(H,25,26)(H2,20,22,28)/t16-,30?/m0/s1. The van der Waals surface area contributed by atoms with Crippen LogP contribution in [0.2, 0.25) is 0 Å². The third kappa shape index (κ3) is 3.65. The van der Waals surface area contributed by atoms with Crippen LogP contribution in [0.1, 0.15) is 42.5 Å². The van der Waals surface area contributed by atoms with Crippen LogP contribution in [-0.2, 0) is 35.6 Å². The van der Waals surface area contributed by atoms with Gasteiger partial charge in [-0.05, 0) is 68.2 Å². The first kappa shape index (κ1) is 21.0. The van der Waals surface area contributed by atoms with E-state index in [0.29, 0.717) is 0 Å². The third-order valence-corrected chi connectivity index (χ3v) is 9.05. The maximum absolute atomic E-state index is 13.2. The summed E-state index contributed by atoms with van der Waals surface area (Å²) in [6, 6.07) is 1.72. The molecule has 1 aromatic carbocycles. The predicted octanol–water partition coefficient (Wildman–Crippen LogP) is 2.98. The Hall–Kier alpha value is -2.24. The van der Waals surface area contributed by atoms with Gasteiger partial charge in [-0.25, -0.2) is 23.3 Å². The van der Waals surface area contributed by atoms with E-state index in [4.69, 9.17) is 9.89 Å². The summed E-state index contributed by atoms with van der Waals surface area (Å²) < 4.78 is 21.9. The van der Waals surface area contributed by atoms with Gasteiger partial charge in [0.1, 0.15) is 9.61 Å². The second-order valence-corrected chi connectivity index (χ2v) is 11.4. The number of carboxylic acid groups (broad SMARTS) is 1. The summed E-state index contributed by atoms with van der Waals surface area (Å²) in [5.74, 6) is 0. The first-order valence-electron chi connectivity index (χ1n) is 9.63. The van der Waals surface area contributed by atoms with E-state index >= 15 is 0 Å². The molecular formula is C19H24N4O5S2. The first-order chi connectivity index (χ1) is 14.0. The van der Waals surface area contributed by atoms with Gasteiger partial charge in [-0.15, -0.1) is 0 Å². The van der Waals surface area contributed by atoms with Crippen molar-refractivity contribution in [1.82, 2.24) is 9.62 Å². The number of rotatable bonds is 4. The van der Waals surface area contributed by atoms with Gasteiger partial charge in [0.25, 0.3) is 0 Å². The van der Waals surface area contributed by atoms with Gasteiger partial charge < -0.3 is 15.5 Å². The number of hydrogen-bond acceptors (Lipinski definition) is 6. The van der Waals surface area contributed by atoms with Crippen molar-refractivity contribution in [2.75, 3.05) is 5.32 Å². The van der Waals surface area contributed by atoms with Gasteiger partial charge in [0.15, 0.2) is 9.92 Å². The maximum atomic E-state index is 13.2. The molecule has 0 aromatic heterocycles. The fourth-order valence-electron chi connectivity index (χ4n) is 4.11. The molecule has 162 valence electrons. The Morgan fingerprint density at radius 3 is 2.50 bits per heavy atom. The quantitative estimate of drug-likeness (QED) is 0.475. The van der Waals surface area contributed by atoms with Crippen LogP contribution in [0.4, 0.5) is 15.3 Å². The SMILES string of the molecule is CC(C)(O)[C@@H]1SC(S(=N)(=O)NC(=O)O)=CN1C(=O)Nc1c2c(cc3c1CC3)CCC2. The van der Waals surface area contributed by atoms with E-state index in [2.05, 4.69) is 11.4 Å². The fourth-order valence-corrected chi connectivity index (χ4v) is 6.61. The monoisotopic (exact) mass is 452 g/mol. The van der Waals surface area contributed by atoms with E-state index in [1.807, 2.05) is 0 Å². The van der Waals surface area contributed by atoms with Crippen molar-refractivity contribution in [3.63, 3.8) is 0 Å². The average molecular weight is 453 g/mol. The van der Waals surface area contributed by atoms with Gasteiger partial charge in [-0.3, -0.25) is 4.90 Å². The molecule has 5 N–H and O–H groups in total. The number of aryl methyl sites for hydroxylation is 2. The molecule has 3 aliphatic rings. The summed E-state index contributed by atoms with van der Waals surface area (Å²) >= 11 is 0.848. The van der Waals surface area contributed by atoms with Gasteiger partial charge in [-0.2, -0.15) is 0 Å². The number of thioether (sulfide) groups is 1. The molecule has 1 heterocycles. The molecule has 11 heteroatoms. The molecule has 3 amide bonds. The highest BCUT2D eigenvalue weighted by Gasteiger charge is 2.43. The minimum absolute atomic E-state index is 0.126. The Balaban J connectivity index is 1.66. The number of carbonyl (C=O) groups is 2. The van der Waals surface area contributed by atoms with Gasteiger partial charge in [0, 0.05) is 11.9 Å². The molecule has 0 spiro atoms. The van der Waals surface area contributed by atoms with Crippen LogP contribution in [0.3, 0.4) is 0 Å². The second-order valence-electron chi connectivity index (χ2n) is 8.25. The molecule has 9 nitrogen and oxygen atoms in total. The molecular weight excluding hydrogens is 428 g/mol. The third-order valence-electron chi connectivity index (χ3n) is 5.55. The highest BCUT2D eigenvalue weighted by atomic mass is 32.3. The molecule has 30 heavy (non-hydrogen) atoms. The zero-order chi connectivity index (χ0) is 21.8. The molecule has 0 bridgehead atoms. The lowest BCUT2D eigenvalue weighted by atomic mass is 9.83. The molecule has 1 unspecified atom stereocenters. The minimum atomic E-state index is -3.86. The lowest BCUT2D eigenvalue weighted by molar-refractivity contribution is 0.0470. The predicted molar refractivity (Wildman–Crippen MR) is 115 cm³/mol. The van der Waals surface area contributed by atoms with Crippen LogP contribution in [0, 0.1) is 4.78 Å². The normalized spacial score (nSPS) is 21.8. The number of urea groups is 1. The molecule has 0 radical (unpaired) electrons. The average Bonchev–Trinajstić information content (AvgIpc) is 3.23. The van der Waals surface area contributed by atoms with Crippen molar-refractivity contribution in [2.24, 2.45) is 0 Å². The lowest BCUT2D eigenvalue weighted by Crippen LogP contribution is -2.47. The smallest absolute Gasteiger partial charge is 0.417 e. The number of benzene rings is 1. The Labute approximate surface area is 179 Å². The largest absolute Gasteiger partial charge is 0.464 e. The topological polar surface area (TPSA) is 143 Å². The van der Waals surface area contributed by atoms with Crippen molar-refractivity contribution in [3.8, 4) is 0 Å². The summed E-state index contributed by atoms with van der Waals surface area (Å²) in [4.78, 5) is 25.3. The van der Waals surface area contributed by atoms with Crippen LogP contribution in [-0.4, -0.2) is 42.4 Å². The van der Waals surface area contributed by atoms with E-state index in [1.165, 1.54) is 36.1 Å². The first-order valence-corrected chi connectivity index (χ1v) is 12.1. The van der Waals surface area contributed by atoms with Crippen LogP contribution in [0.15, 0.2) is 16.5 Å². The van der Waals surface area contributed by atoms with Crippen molar-refractivity contribution in [3.05, 3.63) is 38.8 Å². The number of carbonyl (C=O) groups excluding carboxylic acids is 1. The van der Waals surface area contributed by atoms with E-state index in [-0.39, 0.29) is 4.24 Å². The van der Waals surface area contributed by atoms with Crippen LogP contribution in [0.25, 0.3) is 0 Å². The molecule has 1 aromatic rings. The number of hydrogen-bond donors (Lipinski definition) is 5. The van der Waals surface area contributed by atoms with Crippen LogP contribution in [0.5, 0.6) is 0 Å². The Morgan fingerprint density at radius 1 is 1.23 bits per heavy atom. The minimum Gasteiger partial charge on any atom is -0.464 e. The Bertz CT molecular complexity index is 1080. The molecule has 1 aliphatic heterocycles. The highest BCUT2D eigenvalue weighted by molar-refractivity contribution is 8.19. The number of nitrogens with zero attached hydrogens (tertiary/aromatic N) is 1. The van der Waals surface area contributed by atoms with Crippen molar-refractivity contribution >= 4 is 39.5 Å². The molecule has 4 rings (SSSR count). The number of anilines is 1. The molecule has 0 saturated carbocycles. The summed E-state index contributed by atoms with van der Waals surface area (Å²) in [5, 5.41) is 21.6. The number of nitrogens with one attached hydrogen (secondary N) is 3. The molecule has 0 saturated heterocycles.